The Bertz CT molecular complexity index is 2570. The van der Waals surface area contributed by atoms with E-state index in [4.69, 9.17) is 25.6 Å². The van der Waals surface area contributed by atoms with Gasteiger partial charge in [-0.2, -0.15) is 9.97 Å². The fourth-order valence-electron chi connectivity index (χ4n) is 9.67. The Morgan fingerprint density at radius 2 is 1.82 bits per heavy atom. The number of phenolic OH excluding ortho intramolecular Hbond substituents is 1. The second-order valence-corrected chi connectivity index (χ2v) is 17.0. The summed E-state index contributed by atoms with van der Waals surface area (Å²) < 4.78 is 64.4. The predicted molar refractivity (Wildman–Crippen MR) is 221 cm³/mol. The van der Waals surface area contributed by atoms with Crippen molar-refractivity contribution in [2.45, 2.75) is 82.8 Å². The summed E-state index contributed by atoms with van der Waals surface area (Å²) in [6.07, 6.45) is 9.41. The number of phenols is 1. The largest absolute Gasteiger partial charge is 0.508 e. The quantitative estimate of drug-likeness (QED) is 0.0844. The number of anilines is 1. The van der Waals surface area contributed by atoms with Gasteiger partial charge in [0, 0.05) is 49.6 Å². The molecule has 61 heavy (non-hydrogen) atoms. The molecule has 4 fully saturated rings. The van der Waals surface area contributed by atoms with Gasteiger partial charge in [-0.25, -0.2) is 18.0 Å². The van der Waals surface area contributed by atoms with E-state index in [1.54, 1.807) is 29.2 Å². The first kappa shape index (κ1) is 40.3. The molecule has 2 aromatic heterocycles. The third kappa shape index (κ3) is 7.62. The highest BCUT2D eigenvalue weighted by Crippen LogP contribution is 2.43. The van der Waals surface area contributed by atoms with E-state index in [0.29, 0.717) is 62.3 Å². The zero-order valence-corrected chi connectivity index (χ0v) is 33.9. The van der Waals surface area contributed by atoms with Crippen LogP contribution in [0, 0.1) is 29.9 Å². The minimum atomic E-state index is -0.983. The van der Waals surface area contributed by atoms with Crippen molar-refractivity contribution >= 4 is 39.6 Å². The maximum absolute atomic E-state index is 17.2. The lowest BCUT2D eigenvalue weighted by molar-refractivity contribution is -0.135. The second-order valence-electron chi connectivity index (χ2n) is 17.0. The van der Waals surface area contributed by atoms with Crippen molar-refractivity contribution in [3.05, 3.63) is 77.5 Å². The molecule has 4 aliphatic heterocycles. The Morgan fingerprint density at radius 1 is 1.05 bits per heavy atom. The van der Waals surface area contributed by atoms with Gasteiger partial charge in [0.25, 0.3) is 0 Å². The average molecular weight is 835 g/mol. The molecular weight excluding hydrogens is 790 g/mol. The van der Waals surface area contributed by atoms with Crippen LogP contribution in [0.25, 0.3) is 32.9 Å². The molecule has 9 rings (SSSR count). The van der Waals surface area contributed by atoms with E-state index in [9.17, 15) is 19.1 Å². The van der Waals surface area contributed by atoms with Gasteiger partial charge < -0.3 is 24.2 Å². The Morgan fingerprint density at radius 3 is 2.56 bits per heavy atom. The number of carbonyl (C=O) groups excluding carboxylic acids is 2. The summed E-state index contributed by atoms with van der Waals surface area (Å²) in [6.45, 7) is 5.79. The van der Waals surface area contributed by atoms with E-state index in [-0.39, 0.29) is 82.1 Å². The van der Waals surface area contributed by atoms with Crippen molar-refractivity contribution in [3.63, 3.8) is 0 Å². The number of nitrogens with zero attached hydrogens (tertiary/aromatic N) is 6. The van der Waals surface area contributed by atoms with E-state index in [1.165, 1.54) is 30.5 Å². The van der Waals surface area contributed by atoms with Gasteiger partial charge >= 0.3 is 18.1 Å². The third-order valence-electron chi connectivity index (χ3n) is 12.4. The van der Waals surface area contributed by atoms with E-state index in [1.807, 2.05) is 18.7 Å². The molecule has 0 spiro atoms. The van der Waals surface area contributed by atoms with Crippen molar-refractivity contribution in [2.75, 3.05) is 37.7 Å². The Kier molecular flexibility index (Phi) is 10.6. The molecule has 4 atom stereocenters. The number of esters is 1. The first-order valence-electron chi connectivity index (χ1n) is 20.7. The average Bonchev–Trinajstić information content (AvgIpc) is 3.85. The molecule has 1 N–H and O–H groups in total. The third-order valence-corrected chi connectivity index (χ3v) is 12.4. The van der Waals surface area contributed by atoms with Crippen LogP contribution in [0.4, 0.5) is 23.8 Å². The maximum Gasteiger partial charge on any atom is 0.410 e. The number of pyridine rings is 1. The molecule has 0 saturated carbocycles. The molecule has 2 unspecified atom stereocenters. The van der Waals surface area contributed by atoms with Crippen LogP contribution < -0.4 is 14.4 Å². The van der Waals surface area contributed by atoms with Crippen molar-refractivity contribution in [3.8, 4) is 41.1 Å². The number of piperazine rings is 1. The number of ether oxygens (including phenoxy) is 3. The van der Waals surface area contributed by atoms with Crippen molar-refractivity contribution in [1.82, 2.24) is 24.8 Å². The van der Waals surface area contributed by atoms with Crippen LogP contribution in [0.5, 0.6) is 17.5 Å². The zero-order valence-electron chi connectivity index (χ0n) is 33.9. The molecule has 6 heterocycles. The molecule has 12 nitrogen and oxygen atoms in total. The van der Waals surface area contributed by atoms with Gasteiger partial charge in [-0.15, -0.1) is 6.42 Å². The van der Waals surface area contributed by atoms with Crippen LogP contribution >= 0.6 is 0 Å². The monoisotopic (exact) mass is 834 g/mol. The number of terminal acetylenes is 1. The fraction of sp³-hybridized carbons (Fsp3) is 0.413. The highest BCUT2D eigenvalue weighted by atomic mass is 19.1. The van der Waals surface area contributed by atoms with Gasteiger partial charge in [-0.3, -0.25) is 19.6 Å². The topological polar surface area (TPSA) is 130 Å². The summed E-state index contributed by atoms with van der Waals surface area (Å²) >= 11 is 0. The maximum atomic E-state index is 17.2. The summed E-state index contributed by atoms with van der Waals surface area (Å²) in [5, 5.41) is 11.5. The molecule has 5 aromatic rings. The smallest absolute Gasteiger partial charge is 0.410 e. The van der Waals surface area contributed by atoms with Crippen LogP contribution in [0.3, 0.4) is 0 Å². The van der Waals surface area contributed by atoms with E-state index in [2.05, 4.69) is 20.8 Å². The van der Waals surface area contributed by atoms with Crippen molar-refractivity contribution in [2.24, 2.45) is 5.92 Å². The molecule has 3 aromatic carbocycles. The minimum absolute atomic E-state index is 0.0231. The molecule has 1 amide bonds. The number of hydrogen-bond acceptors (Lipinski definition) is 11. The number of carbonyl (C=O) groups is 2. The molecule has 4 saturated heterocycles. The Labute approximate surface area is 350 Å². The van der Waals surface area contributed by atoms with Crippen LogP contribution in [-0.2, 0) is 16.1 Å². The van der Waals surface area contributed by atoms with Crippen LogP contribution in [0.15, 0.2) is 54.7 Å². The van der Waals surface area contributed by atoms with Gasteiger partial charge in [-0.05, 0) is 79.4 Å². The highest BCUT2D eigenvalue weighted by molar-refractivity contribution is 6.03. The number of fused-ring (bicyclic) bond motifs is 5. The van der Waals surface area contributed by atoms with Gasteiger partial charge in [0.2, 0.25) is 0 Å². The highest BCUT2D eigenvalue weighted by Gasteiger charge is 2.50. The molecule has 2 bridgehead atoms. The van der Waals surface area contributed by atoms with Crippen LogP contribution in [-0.4, -0.2) is 98.5 Å². The van der Waals surface area contributed by atoms with Crippen molar-refractivity contribution in [1.29, 1.82) is 0 Å². The minimum Gasteiger partial charge on any atom is -0.508 e. The number of amides is 1. The molecule has 0 radical (unpaired) electrons. The second kappa shape index (κ2) is 16.0. The summed E-state index contributed by atoms with van der Waals surface area (Å²) in [5.41, 5.74) is -0.146. The van der Waals surface area contributed by atoms with Gasteiger partial charge in [0.15, 0.2) is 5.82 Å². The number of alkyl halides is 1. The van der Waals surface area contributed by atoms with Gasteiger partial charge in [0.1, 0.15) is 53.7 Å². The zero-order chi connectivity index (χ0) is 42.6. The molecule has 15 heteroatoms. The lowest BCUT2D eigenvalue weighted by Gasteiger charge is -2.41. The standard InChI is InChI=1S/C46H45F3N6O6/c1-4-34-37(48)13-8-28-17-32(56)18-35(39(28)34)41-40(49)42-36(20-50-41)43(52-44(51-42)60-25-46-14-5-15-54(46)21-29(47)19-46)53-22-30-9-10-31(23-53)55(30)45(58)59-24-27-6-11-33(12-7-27)61-38(57)16-26(2)3/h1,6-8,11-13,17-18,20,26,29-31,56H,5,9-10,14-16,19,21-25H2,2-3H3/t29-,30?,31?,46+/m1/s1. The fourth-order valence-corrected chi connectivity index (χ4v) is 9.67. The first-order chi connectivity index (χ1) is 29.4. The number of halogens is 3. The molecule has 0 aliphatic carbocycles. The lowest BCUT2D eigenvalue weighted by Crippen LogP contribution is -2.56. The van der Waals surface area contributed by atoms with Gasteiger partial charge in [0.05, 0.1) is 28.6 Å². The molecule has 316 valence electrons. The predicted octanol–water partition coefficient (Wildman–Crippen LogP) is 7.71. The number of rotatable bonds is 10. The molecule has 4 aliphatic rings. The Hall–Kier alpha value is -6.14. The SMILES string of the molecule is C#Cc1c(F)ccc2cc(O)cc(-c3ncc4c(N5CC6CCC(C5)N6C(=O)OCc5ccc(OC(=O)CC(C)C)cc5)nc(OC[C@@]56CCCN5C[C@H](F)C6)nc4c3F)c12. The van der Waals surface area contributed by atoms with Crippen LogP contribution in [0.2, 0.25) is 0 Å². The summed E-state index contributed by atoms with van der Waals surface area (Å²) in [7, 11) is 0. The van der Waals surface area contributed by atoms with Crippen molar-refractivity contribution < 1.29 is 42.1 Å². The van der Waals surface area contributed by atoms with E-state index >= 15 is 8.78 Å². The summed E-state index contributed by atoms with van der Waals surface area (Å²) in [4.78, 5) is 45.5. The number of aromatic nitrogens is 3. The van der Waals surface area contributed by atoms with E-state index < -0.39 is 29.4 Å². The number of aromatic hydroxyl groups is 1. The lowest BCUT2D eigenvalue weighted by atomic mass is 9.95. The first-order valence-corrected chi connectivity index (χ1v) is 20.7. The van der Waals surface area contributed by atoms with Crippen LogP contribution in [0.1, 0.15) is 63.5 Å². The molecular formula is C46H45F3N6O6. The normalized spacial score (nSPS) is 22.2. The number of hydrogen-bond donors (Lipinski definition) is 1. The van der Waals surface area contributed by atoms with E-state index in [0.717, 1.165) is 24.9 Å². The van der Waals surface area contributed by atoms with Gasteiger partial charge in [-0.1, -0.05) is 38.0 Å². The number of benzene rings is 3. The Balaban J connectivity index is 1.01. The summed E-state index contributed by atoms with van der Waals surface area (Å²) in [6, 6.07) is 11.6. The summed E-state index contributed by atoms with van der Waals surface area (Å²) in [5.74, 6) is 1.26.